The maximum absolute atomic E-state index is 12.4. The summed E-state index contributed by atoms with van der Waals surface area (Å²) in [4.78, 5) is 13.8. The van der Waals surface area contributed by atoms with Crippen LogP contribution in [0.2, 0.25) is 0 Å². The molecular formula is C9H9F3N2O. The highest BCUT2D eigenvalue weighted by Gasteiger charge is 2.34. The zero-order chi connectivity index (χ0) is 11.5. The molecule has 15 heavy (non-hydrogen) atoms. The largest absolute Gasteiger partial charge is 0.433 e. The van der Waals surface area contributed by atoms with Crippen LogP contribution in [0, 0.1) is 0 Å². The average Bonchev–Trinajstić information content (AvgIpc) is 2.13. The van der Waals surface area contributed by atoms with Crippen LogP contribution in [0.1, 0.15) is 18.2 Å². The van der Waals surface area contributed by atoms with Crippen molar-refractivity contribution in [3.05, 3.63) is 29.6 Å². The van der Waals surface area contributed by atoms with E-state index in [1.165, 1.54) is 19.1 Å². The summed E-state index contributed by atoms with van der Waals surface area (Å²) in [5.41, 5.74) is -1.00. The van der Waals surface area contributed by atoms with Gasteiger partial charge in [-0.15, -0.1) is 0 Å². The molecule has 1 heterocycles. The van der Waals surface area contributed by atoms with E-state index in [0.29, 0.717) is 0 Å². The number of amides is 1. The molecule has 82 valence electrons. The third-order valence-electron chi connectivity index (χ3n) is 1.69. The monoisotopic (exact) mass is 218 g/mol. The van der Waals surface area contributed by atoms with Gasteiger partial charge in [0, 0.05) is 25.2 Å². The molecule has 0 atom stereocenters. The lowest BCUT2D eigenvalue weighted by Crippen LogP contribution is -2.22. The van der Waals surface area contributed by atoms with Gasteiger partial charge < -0.3 is 5.32 Å². The van der Waals surface area contributed by atoms with Gasteiger partial charge in [-0.2, -0.15) is 13.2 Å². The quantitative estimate of drug-likeness (QED) is 0.821. The number of nitrogens with zero attached hydrogens (tertiary/aromatic N) is 1. The number of nitrogens with one attached hydrogen (secondary N) is 1. The van der Waals surface area contributed by atoms with Gasteiger partial charge in [0.15, 0.2) is 0 Å². The normalized spacial score (nSPS) is 11.2. The molecule has 0 radical (unpaired) electrons. The van der Waals surface area contributed by atoms with Crippen LogP contribution in [-0.2, 0) is 17.5 Å². The summed E-state index contributed by atoms with van der Waals surface area (Å²) >= 11 is 0. The van der Waals surface area contributed by atoms with E-state index in [1.54, 1.807) is 0 Å². The lowest BCUT2D eigenvalue weighted by molar-refractivity contribution is -0.142. The molecule has 0 saturated carbocycles. The highest BCUT2D eigenvalue weighted by Crippen LogP contribution is 2.29. The number of hydrogen-bond donors (Lipinski definition) is 1. The van der Waals surface area contributed by atoms with Gasteiger partial charge in [0.05, 0.1) is 0 Å². The van der Waals surface area contributed by atoms with Crippen molar-refractivity contribution in [1.82, 2.24) is 10.3 Å². The second-order valence-electron chi connectivity index (χ2n) is 2.92. The number of alkyl halides is 3. The molecule has 0 aromatic carbocycles. The molecule has 1 aromatic rings. The van der Waals surface area contributed by atoms with Crippen molar-refractivity contribution in [1.29, 1.82) is 0 Å². The molecule has 1 amide bonds. The zero-order valence-corrected chi connectivity index (χ0v) is 7.93. The zero-order valence-electron chi connectivity index (χ0n) is 7.93. The van der Waals surface area contributed by atoms with Crippen LogP contribution in [0.4, 0.5) is 13.2 Å². The van der Waals surface area contributed by atoms with Crippen LogP contribution in [0.5, 0.6) is 0 Å². The third-order valence-corrected chi connectivity index (χ3v) is 1.69. The number of hydrogen-bond acceptors (Lipinski definition) is 2. The smallest absolute Gasteiger partial charge is 0.352 e. The maximum atomic E-state index is 12.4. The molecule has 0 bridgehead atoms. The van der Waals surface area contributed by atoms with E-state index in [4.69, 9.17) is 0 Å². The minimum atomic E-state index is -4.49. The van der Waals surface area contributed by atoms with Crippen molar-refractivity contribution >= 4 is 5.91 Å². The first-order valence-corrected chi connectivity index (χ1v) is 4.17. The van der Waals surface area contributed by atoms with Gasteiger partial charge >= 0.3 is 6.18 Å². The highest BCUT2D eigenvalue weighted by atomic mass is 19.4. The van der Waals surface area contributed by atoms with Crippen molar-refractivity contribution in [2.24, 2.45) is 0 Å². The molecule has 6 heteroatoms. The molecular weight excluding hydrogens is 209 g/mol. The predicted octanol–water partition coefficient (Wildman–Crippen LogP) is 1.74. The molecule has 0 spiro atoms. The Labute approximate surface area is 84.3 Å². The maximum Gasteiger partial charge on any atom is 0.433 e. The molecule has 0 saturated heterocycles. The van der Waals surface area contributed by atoms with Crippen LogP contribution in [0.25, 0.3) is 0 Å². The lowest BCUT2D eigenvalue weighted by atomic mass is 10.2. The Bertz CT molecular complexity index is 363. The van der Waals surface area contributed by atoms with Gasteiger partial charge in [-0.25, -0.2) is 0 Å². The molecule has 0 aliphatic heterocycles. The summed E-state index contributed by atoms with van der Waals surface area (Å²) in [5.74, 6) is -0.382. The Kier molecular flexibility index (Phi) is 3.28. The van der Waals surface area contributed by atoms with E-state index in [0.717, 1.165) is 6.20 Å². The Morgan fingerprint density at radius 2 is 2.20 bits per heavy atom. The molecule has 0 aliphatic carbocycles. The molecule has 0 aliphatic rings. The van der Waals surface area contributed by atoms with Gasteiger partial charge in [-0.1, -0.05) is 6.07 Å². The Hall–Kier alpha value is -1.59. The average molecular weight is 218 g/mol. The van der Waals surface area contributed by atoms with Crippen molar-refractivity contribution < 1.29 is 18.0 Å². The minimum Gasteiger partial charge on any atom is -0.352 e. The van der Waals surface area contributed by atoms with E-state index in [2.05, 4.69) is 10.3 Å². The van der Waals surface area contributed by atoms with Crippen molar-refractivity contribution in [2.45, 2.75) is 19.6 Å². The van der Waals surface area contributed by atoms with Crippen LogP contribution in [-0.4, -0.2) is 10.9 Å². The predicted molar refractivity (Wildman–Crippen MR) is 46.8 cm³/mol. The fraction of sp³-hybridized carbons (Fsp3) is 0.333. The van der Waals surface area contributed by atoms with E-state index >= 15 is 0 Å². The first-order chi connectivity index (χ1) is 6.91. The van der Waals surface area contributed by atoms with Crippen molar-refractivity contribution in [2.75, 3.05) is 0 Å². The van der Waals surface area contributed by atoms with E-state index in [-0.39, 0.29) is 18.0 Å². The Morgan fingerprint density at radius 3 is 2.73 bits per heavy atom. The molecule has 3 nitrogen and oxygen atoms in total. The second-order valence-corrected chi connectivity index (χ2v) is 2.92. The number of carbonyl (C=O) groups excluding carboxylic acids is 1. The molecule has 1 aromatic heterocycles. The SMILES string of the molecule is CC(=O)NCc1cccnc1C(F)(F)F. The number of aromatic nitrogens is 1. The summed E-state index contributed by atoms with van der Waals surface area (Å²) in [6, 6.07) is 2.68. The fourth-order valence-corrected chi connectivity index (χ4v) is 1.06. The van der Waals surface area contributed by atoms with Crippen LogP contribution < -0.4 is 5.32 Å². The standard InChI is InChI=1S/C9H9F3N2O/c1-6(15)14-5-7-3-2-4-13-8(7)9(10,11)12/h2-4H,5H2,1H3,(H,14,15). The summed E-state index contributed by atoms with van der Waals surface area (Å²) in [6.45, 7) is 1.07. The van der Waals surface area contributed by atoms with Crippen molar-refractivity contribution in [3.63, 3.8) is 0 Å². The third kappa shape index (κ3) is 3.23. The Morgan fingerprint density at radius 1 is 1.53 bits per heavy atom. The van der Waals surface area contributed by atoms with Crippen LogP contribution in [0.15, 0.2) is 18.3 Å². The second kappa shape index (κ2) is 4.29. The van der Waals surface area contributed by atoms with E-state index < -0.39 is 11.9 Å². The van der Waals surface area contributed by atoms with Gasteiger partial charge in [-0.05, 0) is 6.07 Å². The summed E-state index contributed by atoms with van der Waals surface area (Å²) in [7, 11) is 0. The highest BCUT2D eigenvalue weighted by molar-refractivity contribution is 5.72. The number of carbonyl (C=O) groups is 1. The summed E-state index contributed by atoms with van der Waals surface area (Å²) < 4.78 is 37.2. The number of pyridine rings is 1. The number of halogens is 3. The van der Waals surface area contributed by atoms with Crippen LogP contribution in [0.3, 0.4) is 0 Å². The van der Waals surface area contributed by atoms with Crippen molar-refractivity contribution in [3.8, 4) is 0 Å². The Balaban J connectivity index is 2.92. The fourth-order valence-electron chi connectivity index (χ4n) is 1.06. The molecule has 1 N–H and O–H groups in total. The van der Waals surface area contributed by atoms with E-state index in [9.17, 15) is 18.0 Å². The van der Waals surface area contributed by atoms with Crippen LogP contribution >= 0.6 is 0 Å². The molecule has 0 unspecified atom stereocenters. The molecule has 0 fully saturated rings. The topological polar surface area (TPSA) is 42.0 Å². The minimum absolute atomic E-state index is 0.0415. The molecule has 1 rings (SSSR count). The van der Waals surface area contributed by atoms with Gasteiger partial charge in [0.2, 0.25) is 5.91 Å². The first-order valence-electron chi connectivity index (χ1n) is 4.17. The summed E-state index contributed by atoms with van der Waals surface area (Å²) in [6.07, 6.45) is -3.42. The van der Waals surface area contributed by atoms with Gasteiger partial charge in [0.1, 0.15) is 5.69 Å². The van der Waals surface area contributed by atoms with Gasteiger partial charge in [0.25, 0.3) is 0 Å². The van der Waals surface area contributed by atoms with E-state index in [1.807, 2.05) is 0 Å². The summed E-state index contributed by atoms with van der Waals surface area (Å²) in [5, 5.41) is 2.30. The van der Waals surface area contributed by atoms with Gasteiger partial charge in [-0.3, -0.25) is 9.78 Å². The first kappa shape index (κ1) is 11.5. The lowest BCUT2D eigenvalue weighted by Gasteiger charge is -2.11. The number of rotatable bonds is 2.